The van der Waals surface area contributed by atoms with E-state index in [4.69, 9.17) is 25.8 Å². The summed E-state index contributed by atoms with van der Waals surface area (Å²) in [6, 6.07) is 9.92. The predicted octanol–water partition coefficient (Wildman–Crippen LogP) is 6.48. The van der Waals surface area contributed by atoms with E-state index in [-0.39, 0.29) is 22.9 Å². The smallest absolute Gasteiger partial charge is 0.453 e. The summed E-state index contributed by atoms with van der Waals surface area (Å²) >= 11 is 6.55. The zero-order valence-corrected chi connectivity index (χ0v) is 21.1. The van der Waals surface area contributed by atoms with Gasteiger partial charge in [0, 0.05) is 6.54 Å². The summed E-state index contributed by atoms with van der Waals surface area (Å²) < 4.78 is 17.7. The number of ether oxygens (including phenoxy) is 3. The molecule has 0 aliphatic carbocycles. The molecular formula is C25H32ClN3O4. The van der Waals surface area contributed by atoms with Crippen LogP contribution in [0.1, 0.15) is 70.5 Å². The summed E-state index contributed by atoms with van der Waals surface area (Å²) in [7, 11) is 0. The van der Waals surface area contributed by atoms with Crippen LogP contribution in [0, 0.1) is 18.3 Å². The van der Waals surface area contributed by atoms with Gasteiger partial charge in [-0.2, -0.15) is 10.4 Å². The Morgan fingerprint density at radius 2 is 1.85 bits per heavy atom. The topological polar surface area (TPSA) is 86.4 Å². The Morgan fingerprint density at radius 1 is 1.21 bits per heavy atom. The molecule has 1 aromatic heterocycles. The summed E-state index contributed by atoms with van der Waals surface area (Å²) in [6.45, 7) is 13.8. The van der Waals surface area contributed by atoms with E-state index in [0.29, 0.717) is 34.9 Å². The highest BCUT2D eigenvalue weighted by Crippen LogP contribution is 2.34. The van der Waals surface area contributed by atoms with Crippen LogP contribution in [0.5, 0.6) is 0 Å². The predicted molar refractivity (Wildman–Crippen MR) is 128 cm³/mol. The first-order chi connectivity index (χ1) is 15.5. The molecule has 0 bridgehead atoms. The maximum atomic E-state index is 11.9. The molecule has 1 heterocycles. The van der Waals surface area contributed by atoms with E-state index in [9.17, 15) is 10.1 Å². The molecule has 0 N–H and O–H groups in total. The van der Waals surface area contributed by atoms with Crippen LogP contribution >= 0.6 is 11.6 Å². The van der Waals surface area contributed by atoms with Gasteiger partial charge in [-0.3, -0.25) is 4.68 Å². The molecule has 8 heteroatoms. The van der Waals surface area contributed by atoms with E-state index in [0.717, 1.165) is 5.56 Å². The normalized spacial score (nSPS) is 13.1. The molecule has 0 spiro atoms. The number of aromatic nitrogens is 2. The van der Waals surface area contributed by atoms with Crippen molar-refractivity contribution in [3.05, 3.63) is 51.8 Å². The number of benzene rings is 1. The molecule has 178 valence electrons. The van der Waals surface area contributed by atoms with Crippen molar-refractivity contribution in [3.63, 3.8) is 0 Å². The Hall–Kier alpha value is -2.98. The number of hydrogen-bond acceptors (Lipinski definition) is 6. The SMILES string of the molecule is CCC(C)OC(=O)OCO/C(=C(/C#N)c1ccc(C(C)(C)C)cc1)c1c(Cl)c(C)nn1CC. The van der Waals surface area contributed by atoms with Gasteiger partial charge in [0.25, 0.3) is 0 Å². The van der Waals surface area contributed by atoms with Gasteiger partial charge in [0.1, 0.15) is 23.4 Å². The van der Waals surface area contributed by atoms with Gasteiger partial charge in [0.2, 0.25) is 6.79 Å². The van der Waals surface area contributed by atoms with Crippen molar-refractivity contribution in [2.45, 2.75) is 73.0 Å². The average molecular weight is 474 g/mol. The molecule has 0 saturated carbocycles. The number of nitriles is 1. The van der Waals surface area contributed by atoms with Crippen molar-refractivity contribution in [1.82, 2.24) is 9.78 Å². The highest BCUT2D eigenvalue weighted by atomic mass is 35.5. The number of allylic oxidation sites excluding steroid dienone is 1. The van der Waals surface area contributed by atoms with Crippen LogP contribution < -0.4 is 0 Å². The third-order valence-electron chi connectivity index (χ3n) is 5.20. The minimum absolute atomic E-state index is 0.0283. The Kier molecular flexibility index (Phi) is 8.95. The molecule has 0 aliphatic heterocycles. The van der Waals surface area contributed by atoms with Crippen LogP contribution in [0.4, 0.5) is 4.79 Å². The third kappa shape index (κ3) is 6.52. The lowest BCUT2D eigenvalue weighted by Gasteiger charge is -2.19. The molecule has 0 saturated heterocycles. The summed E-state index contributed by atoms with van der Waals surface area (Å²) in [5.74, 6) is 0.185. The molecule has 1 atom stereocenters. The fraction of sp³-hybridized carbons (Fsp3) is 0.480. The van der Waals surface area contributed by atoms with Crippen LogP contribution in [0.2, 0.25) is 5.02 Å². The molecule has 0 aliphatic rings. The van der Waals surface area contributed by atoms with Crippen LogP contribution in [0.15, 0.2) is 24.3 Å². The van der Waals surface area contributed by atoms with Gasteiger partial charge in [-0.05, 0) is 43.7 Å². The van der Waals surface area contributed by atoms with Crippen molar-refractivity contribution < 1.29 is 19.0 Å². The Bertz CT molecular complexity index is 1040. The zero-order valence-electron chi connectivity index (χ0n) is 20.4. The van der Waals surface area contributed by atoms with Gasteiger partial charge in [-0.25, -0.2) is 4.79 Å². The van der Waals surface area contributed by atoms with Gasteiger partial charge >= 0.3 is 6.16 Å². The summed E-state index contributed by atoms with van der Waals surface area (Å²) in [4.78, 5) is 11.9. The number of carbonyl (C=O) groups excluding carboxylic acids is 1. The monoisotopic (exact) mass is 473 g/mol. The highest BCUT2D eigenvalue weighted by molar-refractivity contribution is 6.33. The standard InChI is InChI=1S/C25H32ClN3O4/c1-8-16(3)33-24(30)32-15-31-23(22-21(26)17(4)28-29(22)9-2)20(14-27)18-10-12-19(13-11-18)25(5,6)7/h10-13,16H,8-9,15H2,1-7H3/b23-20-. The first-order valence-corrected chi connectivity index (χ1v) is 11.4. The minimum Gasteiger partial charge on any atom is -0.453 e. The van der Waals surface area contributed by atoms with E-state index in [1.807, 2.05) is 38.1 Å². The lowest BCUT2D eigenvalue weighted by atomic mass is 9.86. The fourth-order valence-corrected chi connectivity index (χ4v) is 3.29. The third-order valence-corrected chi connectivity index (χ3v) is 5.65. The molecular weight excluding hydrogens is 442 g/mol. The highest BCUT2D eigenvalue weighted by Gasteiger charge is 2.24. The molecule has 7 nitrogen and oxygen atoms in total. The largest absolute Gasteiger partial charge is 0.511 e. The molecule has 0 fully saturated rings. The fourth-order valence-electron chi connectivity index (χ4n) is 3.07. The summed E-state index contributed by atoms with van der Waals surface area (Å²) in [5.41, 5.74) is 3.07. The maximum absolute atomic E-state index is 11.9. The molecule has 0 radical (unpaired) electrons. The first-order valence-electron chi connectivity index (χ1n) is 11.0. The number of aryl methyl sites for hydroxylation is 2. The van der Waals surface area contributed by atoms with Gasteiger partial charge in [0.15, 0.2) is 5.76 Å². The van der Waals surface area contributed by atoms with E-state index >= 15 is 0 Å². The van der Waals surface area contributed by atoms with Crippen molar-refractivity contribution in [1.29, 1.82) is 5.26 Å². The average Bonchev–Trinajstić information content (AvgIpc) is 3.06. The van der Waals surface area contributed by atoms with Gasteiger partial charge in [-0.15, -0.1) is 0 Å². The maximum Gasteiger partial charge on any atom is 0.511 e. The van der Waals surface area contributed by atoms with Crippen LogP contribution in [-0.2, 0) is 26.2 Å². The minimum atomic E-state index is -0.844. The van der Waals surface area contributed by atoms with Gasteiger partial charge in [-0.1, -0.05) is 63.6 Å². The number of rotatable bonds is 8. The quantitative estimate of drug-likeness (QED) is 0.189. The Balaban J connectivity index is 2.50. The molecule has 2 aromatic rings. The lowest BCUT2D eigenvalue weighted by Crippen LogP contribution is -2.17. The van der Waals surface area contributed by atoms with E-state index in [1.165, 1.54) is 0 Å². The molecule has 33 heavy (non-hydrogen) atoms. The second-order valence-corrected chi connectivity index (χ2v) is 9.08. The lowest BCUT2D eigenvalue weighted by molar-refractivity contribution is -0.0206. The van der Waals surface area contributed by atoms with Crippen LogP contribution in [0.3, 0.4) is 0 Å². The molecule has 0 amide bonds. The number of hydrogen-bond donors (Lipinski definition) is 0. The van der Waals surface area contributed by atoms with E-state index < -0.39 is 12.9 Å². The van der Waals surface area contributed by atoms with Crippen molar-refractivity contribution >= 4 is 29.1 Å². The van der Waals surface area contributed by atoms with Gasteiger partial charge in [0.05, 0.1) is 10.7 Å². The molecule has 1 aromatic carbocycles. The second kappa shape index (κ2) is 11.2. The van der Waals surface area contributed by atoms with Crippen molar-refractivity contribution in [2.24, 2.45) is 0 Å². The number of nitrogens with zero attached hydrogens (tertiary/aromatic N) is 3. The summed E-state index contributed by atoms with van der Waals surface area (Å²) in [6.07, 6.45) is -0.459. The second-order valence-electron chi connectivity index (χ2n) is 8.70. The van der Waals surface area contributed by atoms with Gasteiger partial charge < -0.3 is 14.2 Å². The number of carbonyl (C=O) groups is 1. The zero-order chi connectivity index (χ0) is 24.8. The Morgan fingerprint density at radius 3 is 2.36 bits per heavy atom. The van der Waals surface area contributed by atoms with Crippen LogP contribution in [-0.4, -0.2) is 28.8 Å². The van der Waals surface area contributed by atoms with Crippen molar-refractivity contribution in [3.8, 4) is 6.07 Å². The first kappa shape index (κ1) is 26.3. The Labute approximate surface area is 200 Å². The molecule has 2 rings (SSSR count). The van der Waals surface area contributed by atoms with Crippen molar-refractivity contribution in [2.75, 3.05) is 6.79 Å². The molecule has 1 unspecified atom stereocenters. The van der Waals surface area contributed by atoms with E-state index in [2.05, 4.69) is 31.9 Å². The van der Waals surface area contributed by atoms with E-state index in [1.54, 1.807) is 18.5 Å². The van der Waals surface area contributed by atoms with Crippen LogP contribution in [0.25, 0.3) is 11.3 Å². The summed E-state index contributed by atoms with van der Waals surface area (Å²) in [5, 5.41) is 14.9. The number of halogens is 1.